The van der Waals surface area contributed by atoms with Gasteiger partial charge in [0.2, 0.25) is 0 Å². The third-order valence-corrected chi connectivity index (χ3v) is 0.667. The Morgan fingerprint density at radius 1 is 0.800 bits per heavy atom. The van der Waals surface area contributed by atoms with E-state index in [9.17, 15) is 0 Å². The molecule has 0 fully saturated rings. The van der Waals surface area contributed by atoms with Crippen LogP contribution < -0.4 is 0 Å². The van der Waals surface area contributed by atoms with E-state index in [4.69, 9.17) is 10.0 Å². The zero-order valence-electron chi connectivity index (χ0n) is 5.94. The van der Waals surface area contributed by atoms with Crippen LogP contribution in [0.2, 0.25) is 6.82 Å². The minimum Gasteiger partial charge on any atom is -0.427 e. The van der Waals surface area contributed by atoms with Gasteiger partial charge in [-0.05, 0) is 6.82 Å². The van der Waals surface area contributed by atoms with Gasteiger partial charge in [0.25, 0.3) is 0 Å². The van der Waals surface area contributed by atoms with Crippen molar-refractivity contribution < 1.29 is 10.0 Å². The summed E-state index contributed by atoms with van der Waals surface area (Å²) in [6.45, 7) is 1.28. The predicted octanol–water partition coefficient (Wildman–Crippen LogP) is 0.776. The van der Waals surface area contributed by atoms with Crippen molar-refractivity contribution in [1.29, 1.82) is 0 Å². The molecule has 1 aromatic carbocycles. The minimum atomic E-state index is -1.17. The van der Waals surface area contributed by atoms with Crippen LogP contribution in [0.25, 0.3) is 0 Å². The van der Waals surface area contributed by atoms with Crippen LogP contribution in [0.3, 0.4) is 0 Å². The summed E-state index contributed by atoms with van der Waals surface area (Å²) < 4.78 is 0. The van der Waals surface area contributed by atoms with Crippen LogP contribution in [0, 0.1) is 0 Å². The first-order valence-corrected chi connectivity index (χ1v) is 3.09. The number of hydrogen-bond acceptors (Lipinski definition) is 2. The summed E-state index contributed by atoms with van der Waals surface area (Å²) in [4.78, 5) is 0. The van der Waals surface area contributed by atoms with Gasteiger partial charge in [-0.25, -0.2) is 0 Å². The molecule has 3 heteroatoms. The summed E-state index contributed by atoms with van der Waals surface area (Å²) in [5, 5.41) is 15.2. The van der Waals surface area contributed by atoms with Gasteiger partial charge in [0.05, 0.1) is 0 Å². The molecule has 0 saturated carbocycles. The molecular weight excluding hydrogens is 127 g/mol. The van der Waals surface area contributed by atoms with E-state index in [-0.39, 0.29) is 0 Å². The summed E-state index contributed by atoms with van der Waals surface area (Å²) in [6.07, 6.45) is 0. The standard InChI is InChI=1S/C6H6.CH5BO2/c1-2-4-6-5-3-1;1-2(3)4/h1-6H;3-4H,1H3. The highest BCUT2D eigenvalue weighted by molar-refractivity contribution is 6.38. The maximum Gasteiger partial charge on any atom is 0.448 e. The number of rotatable bonds is 0. The molecule has 0 aliphatic carbocycles. The quantitative estimate of drug-likeness (QED) is 0.520. The number of hydrogen-bond donors (Lipinski definition) is 2. The Morgan fingerprint density at radius 2 is 0.900 bits per heavy atom. The summed E-state index contributed by atoms with van der Waals surface area (Å²) >= 11 is 0. The van der Waals surface area contributed by atoms with Crippen molar-refractivity contribution in [2.45, 2.75) is 6.82 Å². The zero-order valence-corrected chi connectivity index (χ0v) is 5.94. The van der Waals surface area contributed by atoms with E-state index < -0.39 is 7.12 Å². The lowest BCUT2D eigenvalue weighted by Gasteiger charge is -1.71. The van der Waals surface area contributed by atoms with Crippen LogP contribution in [0.1, 0.15) is 0 Å². The van der Waals surface area contributed by atoms with Crippen molar-refractivity contribution in [3.8, 4) is 0 Å². The molecule has 0 spiro atoms. The molecule has 0 bridgehead atoms. The Balaban J connectivity index is 0.000000180. The fourth-order valence-corrected chi connectivity index (χ4v) is 0.385. The fourth-order valence-electron chi connectivity index (χ4n) is 0.385. The molecule has 10 heavy (non-hydrogen) atoms. The van der Waals surface area contributed by atoms with Crippen molar-refractivity contribution in [3.05, 3.63) is 36.4 Å². The zero-order chi connectivity index (χ0) is 7.82. The molecule has 1 aromatic rings. The van der Waals surface area contributed by atoms with Gasteiger partial charge in [0.1, 0.15) is 0 Å². The molecule has 0 aliphatic heterocycles. The monoisotopic (exact) mass is 138 g/mol. The van der Waals surface area contributed by atoms with Crippen molar-refractivity contribution in [3.63, 3.8) is 0 Å². The summed E-state index contributed by atoms with van der Waals surface area (Å²) in [5.74, 6) is 0. The lowest BCUT2D eigenvalue weighted by molar-refractivity contribution is 0.417. The molecule has 0 amide bonds. The SMILES string of the molecule is CB(O)O.c1ccccc1. The van der Waals surface area contributed by atoms with Crippen LogP contribution in [-0.4, -0.2) is 17.2 Å². The lowest BCUT2D eigenvalue weighted by Crippen LogP contribution is -2.00. The van der Waals surface area contributed by atoms with Crippen LogP contribution in [-0.2, 0) is 0 Å². The Bertz CT molecular complexity index is 112. The van der Waals surface area contributed by atoms with Gasteiger partial charge < -0.3 is 10.0 Å². The average molecular weight is 138 g/mol. The fraction of sp³-hybridized carbons (Fsp3) is 0.143. The van der Waals surface area contributed by atoms with Crippen molar-refractivity contribution in [1.82, 2.24) is 0 Å². The third-order valence-electron chi connectivity index (χ3n) is 0.667. The Morgan fingerprint density at radius 3 is 1.00 bits per heavy atom. The first kappa shape index (κ1) is 9.20. The van der Waals surface area contributed by atoms with E-state index in [1.807, 2.05) is 36.4 Å². The smallest absolute Gasteiger partial charge is 0.427 e. The van der Waals surface area contributed by atoms with Gasteiger partial charge >= 0.3 is 7.12 Å². The maximum absolute atomic E-state index is 7.61. The van der Waals surface area contributed by atoms with Crippen LogP contribution in [0.4, 0.5) is 0 Å². The summed E-state index contributed by atoms with van der Waals surface area (Å²) in [5.41, 5.74) is 0. The average Bonchev–Trinajstić information content (AvgIpc) is 1.90. The Kier molecular flexibility index (Phi) is 5.82. The van der Waals surface area contributed by atoms with Gasteiger partial charge in [-0.15, -0.1) is 0 Å². The molecule has 0 heterocycles. The van der Waals surface area contributed by atoms with Crippen LogP contribution in [0.15, 0.2) is 36.4 Å². The van der Waals surface area contributed by atoms with E-state index >= 15 is 0 Å². The first-order valence-electron chi connectivity index (χ1n) is 3.09. The second-order valence-electron chi connectivity index (χ2n) is 1.79. The molecule has 0 atom stereocenters. The van der Waals surface area contributed by atoms with E-state index in [0.717, 1.165) is 0 Å². The highest BCUT2D eigenvalue weighted by Gasteiger charge is 1.86. The Hall–Kier alpha value is -0.795. The normalized spacial score (nSPS) is 7.50. The Labute approximate surface area is 61.3 Å². The van der Waals surface area contributed by atoms with Gasteiger partial charge in [-0.2, -0.15) is 0 Å². The van der Waals surface area contributed by atoms with Gasteiger partial charge in [-0.3, -0.25) is 0 Å². The van der Waals surface area contributed by atoms with Crippen molar-refractivity contribution >= 4 is 7.12 Å². The van der Waals surface area contributed by atoms with Gasteiger partial charge in [0.15, 0.2) is 0 Å². The molecule has 0 unspecified atom stereocenters. The molecule has 0 aliphatic rings. The molecular formula is C7H11BO2. The predicted molar refractivity (Wildman–Crippen MR) is 42.5 cm³/mol. The highest BCUT2D eigenvalue weighted by Crippen LogP contribution is 1.79. The van der Waals surface area contributed by atoms with Crippen molar-refractivity contribution in [2.75, 3.05) is 0 Å². The molecule has 2 nitrogen and oxygen atoms in total. The first-order chi connectivity index (χ1) is 4.73. The lowest BCUT2D eigenvalue weighted by atomic mass is 9.99. The van der Waals surface area contributed by atoms with Crippen LogP contribution >= 0.6 is 0 Å². The van der Waals surface area contributed by atoms with Gasteiger partial charge in [-0.1, -0.05) is 36.4 Å². The minimum absolute atomic E-state index is 1.17. The molecule has 1 rings (SSSR count). The van der Waals surface area contributed by atoms with Gasteiger partial charge in [0, 0.05) is 0 Å². The second-order valence-corrected chi connectivity index (χ2v) is 1.79. The van der Waals surface area contributed by atoms with Crippen molar-refractivity contribution in [2.24, 2.45) is 0 Å². The summed E-state index contributed by atoms with van der Waals surface area (Å²) in [7, 11) is -1.17. The second kappa shape index (κ2) is 6.33. The van der Waals surface area contributed by atoms with E-state index in [1.165, 1.54) is 6.82 Å². The maximum atomic E-state index is 7.61. The van der Waals surface area contributed by atoms with Crippen LogP contribution in [0.5, 0.6) is 0 Å². The summed E-state index contributed by atoms with van der Waals surface area (Å²) in [6, 6.07) is 12.0. The highest BCUT2D eigenvalue weighted by atomic mass is 16.4. The van der Waals surface area contributed by atoms with E-state index in [2.05, 4.69) is 0 Å². The third kappa shape index (κ3) is 10.2. The molecule has 54 valence electrons. The topological polar surface area (TPSA) is 40.5 Å². The largest absolute Gasteiger partial charge is 0.448 e. The van der Waals surface area contributed by atoms with E-state index in [0.29, 0.717) is 0 Å². The molecule has 2 N–H and O–H groups in total. The number of benzene rings is 1. The molecule has 0 saturated heterocycles. The van der Waals surface area contributed by atoms with E-state index in [1.54, 1.807) is 0 Å². The molecule has 0 radical (unpaired) electrons. The molecule has 0 aromatic heterocycles.